The van der Waals surface area contributed by atoms with Crippen LogP contribution in [0.2, 0.25) is 5.02 Å². The van der Waals surface area contributed by atoms with Crippen LogP contribution in [0.25, 0.3) is 0 Å². The molecule has 1 aliphatic heterocycles. The van der Waals surface area contributed by atoms with Crippen LogP contribution in [0.3, 0.4) is 0 Å². The molecule has 0 aliphatic carbocycles. The molecule has 0 bridgehead atoms. The molecule has 0 amide bonds. The van der Waals surface area contributed by atoms with Crippen LogP contribution < -0.4 is 0 Å². The molecule has 0 spiro atoms. The van der Waals surface area contributed by atoms with Crippen LogP contribution in [-0.4, -0.2) is 55.7 Å². The molecule has 1 aliphatic rings. The Labute approximate surface area is 160 Å². The zero-order chi connectivity index (χ0) is 18.8. The van der Waals surface area contributed by atoms with E-state index in [1.807, 2.05) is 18.2 Å². The number of aliphatic hydroxyl groups excluding tert-OH is 4. The Bertz CT molecular complexity index is 752. The lowest BCUT2D eigenvalue weighted by Gasteiger charge is -2.39. The fourth-order valence-corrected chi connectivity index (χ4v) is 4.71. The molecule has 3 rings (SSSR count). The van der Waals surface area contributed by atoms with E-state index in [1.165, 1.54) is 11.8 Å². The maximum Gasteiger partial charge on any atom is 0.115 e. The number of aromatic hydroxyl groups is 1. The van der Waals surface area contributed by atoms with Crippen LogP contribution in [0.1, 0.15) is 21.9 Å². The van der Waals surface area contributed by atoms with E-state index >= 15 is 0 Å². The van der Waals surface area contributed by atoms with E-state index in [0.717, 1.165) is 16.7 Å². The minimum atomic E-state index is -1.32. The van der Waals surface area contributed by atoms with Gasteiger partial charge in [-0.05, 0) is 41.3 Å². The number of hydrogen-bond acceptors (Lipinski definition) is 6. The predicted molar refractivity (Wildman–Crippen MR) is 102 cm³/mol. The maximum absolute atomic E-state index is 10.4. The Morgan fingerprint density at radius 1 is 0.923 bits per heavy atom. The number of hydrogen-bond donors (Lipinski definition) is 5. The van der Waals surface area contributed by atoms with Gasteiger partial charge in [-0.1, -0.05) is 35.9 Å². The second-order valence-corrected chi connectivity index (χ2v) is 8.24. The van der Waals surface area contributed by atoms with Gasteiger partial charge >= 0.3 is 0 Å². The second-order valence-electron chi connectivity index (χ2n) is 6.44. The predicted octanol–water partition coefficient (Wildman–Crippen LogP) is 1.87. The van der Waals surface area contributed by atoms with Gasteiger partial charge < -0.3 is 25.5 Å². The van der Waals surface area contributed by atoms with E-state index in [1.54, 1.807) is 24.3 Å². The summed E-state index contributed by atoms with van der Waals surface area (Å²) < 4.78 is 0. The summed E-state index contributed by atoms with van der Waals surface area (Å²) >= 11 is 7.55. The van der Waals surface area contributed by atoms with E-state index in [4.69, 9.17) is 11.6 Å². The third-order valence-corrected chi connectivity index (χ3v) is 6.61. The Hall–Kier alpha value is -1.28. The van der Waals surface area contributed by atoms with Crippen molar-refractivity contribution in [3.05, 3.63) is 64.2 Å². The minimum Gasteiger partial charge on any atom is -0.508 e. The first kappa shape index (κ1) is 19.5. The highest BCUT2D eigenvalue weighted by Gasteiger charge is 2.43. The summed E-state index contributed by atoms with van der Waals surface area (Å²) in [5.74, 6) is 0.193. The molecule has 2 aromatic rings. The molecule has 140 valence electrons. The monoisotopic (exact) mass is 396 g/mol. The Morgan fingerprint density at radius 2 is 1.62 bits per heavy atom. The first-order valence-electron chi connectivity index (χ1n) is 8.27. The third kappa shape index (κ3) is 4.01. The van der Waals surface area contributed by atoms with Gasteiger partial charge in [0.25, 0.3) is 0 Å². The molecule has 0 radical (unpaired) electrons. The Morgan fingerprint density at radius 3 is 2.27 bits per heavy atom. The molecule has 0 aromatic heterocycles. The molecule has 5 nitrogen and oxygen atoms in total. The zero-order valence-electron chi connectivity index (χ0n) is 13.9. The molecule has 1 fully saturated rings. The topological polar surface area (TPSA) is 101 Å². The van der Waals surface area contributed by atoms with E-state index < -0.39 is 28.8 Å². The van der Waals surface area contributed by atoms with Crippen molar-refractivity contribution in [2.45, 2.75) is 35.2 Å². The van der Waals surface area contributed by atoms with Crippen molar-refractivity contribution in [1.29, 1.82) is 0 Å². The standard InChI is InChI=1S/C19H21ClO5S/c20-14-6-3-11(8-12(14)7-10-1-4-13(22)5-2-10)19-18(25)17(24)16(23)15(9-21)26-19/h1-6,8,15-19,21-25H,7,9H2/t15-,16-,17+,18-,19+/m1/s1. The van der Waals surface area contributed by atoms with E-state index in [0.29, 0.717) is 11.4 Å². The van der Waals surface area contributed by atoms with Gasteiger partial charge in [0.15, 0.2) is 0 Å². The van der Waals surface area contributed by atoms with Crippen LogP contribution >= 0.6 is 23.4 Å². The number of aliphatic hydroxyl groups is 4. The Balaban J connectivity index is 1.87. The van der Waals surface area contributed by atoms with Crippen molar-refractivity contribution in [3.63, 3.8) is 0 Å². The molecule has 5 atom stereocenters. The van der Waals surface area contributed by atoms with Gasteiger partial charge in [-0.15, -0.1) is 11.8 Å². The highest BCUT2D eigenvalue weighted by atomic mass is 35.5. The third-order valence-electron chi connectivity index (χ3n) is 4.62. The zero-order valence-corrected chi connectivity index (χ0v) is 15.4. The van der Waals surface area contributed by atoms with Gasteiger partial charge in [-0.25, -0.2) is 0 Å². The number of halogens is 1. The lowest BCUT2D eigenvalue weighted by Crippen LogP contribution is -2.51. The highest BCUT2D eigenvalue weighted by molar-refractivity contribution is 8.00. The first-order chi connectivity index (χ1) is 12.4. The quantitative estimate of drug-likeness (QED) is 0.541. The summed E-state index contributed by atoms with van der Waals surface area (Å²) in [5, 5.41) is 48.8. The summed E-state index contributed by atoms with van der Waals surface area (Å²) in [6.07, 6.45) is -3.11. The fraction of sp³-hybridized carbons (Fsp3) is 0.368. The highest BCUT2D eigenvalue weighted by Crippen LogP contribution is 2.43. The van der Waals surface area contributed by atoms with Gasteiger partial charge in [0.2, 0.25) is 0 Å². The summed E-state index contributed by atoms with van der Waals surface area (Å²) in [7, 11) is 0. The average molecular weight is 397 g/mol. The van der Waals surface area contributed by atoms with Crippen LogP contribution in [0.4, 0.5) is 0 Å². The number of phenols is 1. The molecule has 0 unspecified atom stereocenters. The van der Waals surface area contributed by atoms with Gasteiger partial charge in [0.05, 0.1) is 29.3 Å². The molecular formula is C19H21ClO5S. The lowest BCUT2D eigenvalue weighted by molar-refractivity contribution is -0.0700. The van der Waals surface area contributed by atoms with E-state index in [2.05, 4.69) is 0 Å². The van der Waals surface area contributed by atoms with Gasteiger partial charge in [-0.3, -0.25) is 0 Å². The summed E-state index contributed by atoms with van der Waals surface area (Å²) in [6, 6.07) is 12.2. The number of phenolic OH excluding ortho intramolecular Hbond substituents is 1. The molecule has 26 heavy (non-hydrogen) atoms. The molecule has 1 heterocycles. The van der Waals surface area contributed by atoms with Crippen LogP contribution in [0.5, 0.6) is 5.75 Å². The van der Waals surface area contributed by atoms with Gasteiger partial charge in [0, 0.05) is 5.02 Å². The average Bonchev–Trinajstić information content (AvgIpc) is 2.64. The molecule has 0 saturated carbocycles. The van der Waals surface area contributed by atoms with Crippen molar-refractivity contribution >= 4 is 23.4 Å². The Kier molecular flexibility index (Phi) is 6.12. The summed E-state index contributed by atoms with van der Waals surface area (Å²) in [4.78, 5) is 0. The molecule has 7 heteroatoms. The minimum absolute atomic E-state index is 0.193. The van der Waals surface area contributed by atoms with Crippen molar-refractivity contribution in [2.24, 2.45) is 0 Å². The largest absolute Gasteiger partial charge is 0.508 e. The molecule has 5 N–H and O–H groups in total. The van der Waals surface area contributed by atoms with Crippen LogP contribution in [0, 0.1) is 0 Å². The number of thioether (sulfide) groups is 1. The van der Waals surface area contributed by atoms with E-state index in [9.17, 15) is 25.5 Å². The van der Waals surface area contributed by atoms with Crippen molar-refractivity contribution in [1.82, 2.24) is 0 Å². The van der Waals surface area contributed by atoms with Crippen LogP contribution in [-0.2, 0) is 6.42 Å². The molecular weight excluding hydrogens is 376 g/mol. The van der Waals surface area contributed by atoms with Gasteiger partial charge in [-0.2, -0.15) is 0 Å². The summed E-state index contributed by atoms with van der Waals surface area (Å²) in [5.41, 5.74) is 2.59. The van der Waals surface area contributed by atoms with Crippen molar-refractivity contribution in [2.75, 3.05) is 6.61 Å². The van der Waals surface area contributed by atoms with Crippen LogP contribution in [0.15, 0.2) is 42.5 Å². The van der Waals surface area contributed by atoms with Crippen molar-refractivity contribution in [3.8, 4) is 5.75 Å². The molecule has 2 aromatic carbocycles. The van der Waals surface area contributed by atoms with Crippen molar-refractivity contribution < 1.29 is 25.5 Å². The second kappa shape index (κ2) is 8.17. The number of benzene rings is 2. The summed E-state index contributed by atoms with van der Waals surface area (Å²) in [6.45, 7) is -0.292. The SMILES string of the molecule is OC[C@H]1S[C@@H](c2ccc(Cl)c(Cc3ccc(O)cc3)c2)[C@H](O)[C@@H](O)[C@@H]1O. The smallest absolute Gasteiger partial charge is 0.115 e. The van der Waals surface area contributed by atoms with E-state index in [-0.39, 0.29) is 12.4 Å². The molecule has 1 saturated heterocycles. The lowest BCUT2D eigenvalue weighted by atomic mass is 9.95. The fourth-order valence-electron chi connectivity index (χ4n) is 3.12. The maximum atomic E-state index is 10.4. The van der Waals surface area contributed by atoms with Gasteiger partial charge in [0.1, 0.15) is 11.9 Å². The normalized spacial score (nSPS) is 28.9. The first-order valence-corrected chi connectivity index (χ1v) is 9.59. The number of rotatable bonds is 4.